The van der Waals surface area contributed by atoms with Gasteiger partial charge in [0.05, 0.1) is 13.7 Å². The summed E-state index contributed by atoms with van der Waals surface area (Å²) in [6, 6.07) is 9.85. The van der Waals surface area contributed by atoms with Crippen molar-refractivity contribution in [3.8, 4) is 5.88 Å². The molecular weight excluding hydrogens is 446 g/mol. The fourth-order valence-electron chi connectivity index (χ4n) is 4.19. The highest BCUT2D eigenvalue weighted by Crippen LogP contribution is 2.30. The van der Waals surface area contributed by atoms with Crippen LogP contribution in [0.25, 0.3) is 10.9 Å². The molecule has 3 aromatic rings. The fourth-order valence-corrected chi connectivity index (χ4v) is 4.42. The lowest BCUT2D eigenvalue weighted by Crippen LogP contribution is -2.64. The number of halogens is 1. The third kappa shape index (κ3) is 3.52. The Morgan fingerprint density at radius 2 is 2.00 bits per heavy atom. The molecule has 2 aliphatic heterocycles. The number of methoxy groups -OCH3 is 1. The minimum atomic E-state index is -0.646. The summed E-state index contributed by atoms with van der Waals surface area (Å²) in [4.78, 5) is 42.9. The first-order valence-electron chi connectivity index (χ1n) is 10.3. The minimum Gasteiger partial charge on any atom is -0.481 e. The number of carbonyl (C=O) groups excluding carboxylic acids is 2. The molecule has 0 spiro atoms. The average molecular weight is 468 g/mol. The molecule has 11 heteroatoms. The zero-order valence-electron chi connectivity index (χ0n) is 18.2. The van der Waals surface area contributed by atoms with E-state index in [4.69, 9.17) is 16.3 Å². The SMILES string of the molecule is COc1cc(NC2=NC3C(C(=O)N(Cc4cc5c(Cl)cccc5[nH]4)C(=O)N3C)N2C)ccn1. The minimum absolute atomic E-state index is 0.106. The van der Waals surface area contributed by atoms with E-state index in [2.05, 4.69) is 20.3 Å². The first-order valence-corrected chi connectivity index (χ1v) is 10.7. The molecule has 2 aliphatic rings. The molecular formula is C22H22ClN7O3. The number of pyridine rings is 1. The van der Waals surface area contributed by atoms with Gasteiger partial charge in [-0.2, -0.15) is 0 Å². The second-order valence-corrected chi connectivity index (χ2v) is 8.35. The Morgan fingerprint density at radius 3 is 2.76 bits per heavy atom. The first-order chi connectivity index (χ1) is 15.9. The number of carbonyl (C=O) groups is 2. The lowest BCUT2D eigenvalue weighted by Gasteiger charge is -2.40. The van der Waals surface area contributed by atoms with Crippen molar-refractivity contribution in [2.45, 2.75) is 18.8 Å². The molecule has 0 bridgehead atoms. The van der Waals surface area contributed by atoms with Gasteiger partial charge in [0, 0.05) is 53.7 Å². The van der Waals surface area contributed by atoms with E-state index in [0.29, 0.717) is 22.5 Å². The van der Waals surface area contributed by atoms with E-state index in [0.717, 1.165) is 16.6 Å². The quantitative estimate of drug-likeness (QED) is 0.611. The van der Waals surface area contributed by atoms with Crippen LogP contribution in [-0.4, -0.2) is 76.0 Å². The Balaban J connectivity index is 1.39. The fraction of sp³-hybridized carbons (Fsp3) is 0.273. The van der Waals surface area contributed by atoms with Crippen molar-refractivity contribution in [2.75, 3.05) is 26.5 Å². The molecule has 5 rings (SSSR count). The number of amides is 3. The maximum absolute atomic E-state index is 13.4. The molecule has 33 heavy (non-hydrogen) atoms. The van der Waals surface area contributed by atoms with Crippen molar-refractivity contribution in [1.82, 2.24) is 24.7 Å². The maximum atomic E-state index is 13.4. The van der Waals surface area contributed by atoms with E-state index in [1.54, 1.807) is 43.4 Å². The van der Waals surface area contributed by atoms with Gasteiger partial charge in [0.1, 0.15) is 0 Å². The molecule has 2 unspecified atom stereocenters. The van der Waals surface area contributed by atoms with Gasteiger partial charge in [-0.3, -0.25) is 9.69 Å². The van der Waals surface area contributed by atoms with Crippen LogP contribution in [0, 0.1) is 0 Å². The monoisotopic (exact) mass is 467 g/mol. The number of H-pyrrole nitrogens is 1. The summed E-state index contributed by atoms with van der Waals surface area (Å²) in [5.74, 6) is 0.611. The highest BCUT2D eigenvalue weighted by Gasteiger charge is 2.51. The molecule has 1 aromatic carbocycles. The molecule has 170 valence electrons. The van der Waals surface area contributed by atoms with E-state index in [9.17, 15) is 9.59 Å². The molecule has 0 radical (unpaired) electrons. The van der Waals surface area contributed by atoms with Gasteiger partial charge in [-0.05, 0) is 24.3 Å². The number of urea groups is 1. The number of likely N-dealkylation sites (N-methyl/N-ethyl adjacent to an activating group) is 2. The van der Waals surface area contributed by atoms with Crippen molar-refractivity contribution in [1.29, 1.82) is 0 Å². The number of aliphatic imine (C=N–C) groups is 1. The first kappa shape index (κ1) is 21.1. The number of nitrogens with zero attached hydrogens (tertiary/aromatic N) is 5. The lowest BCUT2D eigenvalue weighted by atomic mass is 10.1. The van der Waals surface area contributed by atoms with E-state index in [1.165, 1.54) is 16.9 Å². The number of anilines is 1. The highest BCUT2D eigenvalue weighted by atomic mass is 35.5. The van der Waals surface area contributed by atoms with Gasteiger partial charge in [0.25, 0.3) is 5.91 Å². The molecule has 2 atom stereocenters. The van der Waals surface area contributed by atoms with Crippen LogP contribution in [0.3, 0.4) is 0 Å². The van der Waals surface area contributed by atoms with Gasteiger partial charge in [0.15, 0.2) is 12.2 Å². The number of rotatable bonds is 4. The second-order valence-electron chi connectivity index (χ2n) is 7.95. The van der Waals surface area contributed by atoms with Gasteiger partial charge in [0.2, 0.25) is 11.8 Å². The van der Waals surface area contributed by atoms with E-state index >= 15 is 0 Å². The molecule has 2 aromatic heterocycles. The topological polar surface area (TPSA) is 106 Å². The number of fused-ring (bicyclic) bond motifs is 2. The van der Waals surface area contributed by atoms with Crippen LogP contribution in [0.5, 0.6) is 5.88 Å². The zero-order chi connectivity index (χ0) is 23.3. The third-order valence-electron chi connectivity index (χ3n) is 5.93. The number of ether oxygens (including phenoxy) is 1. The Kier molecular flexibility index (Phi) is 5.09. The smallest absolute Gasteiger partial charge is 0.328 e. The zero-order valence-corrected chi connectivity index (χ0v) is 19.0. The number of hydrogen-bond donors (Lipinski definition) is 2. The standard InChI is InChI=1S/C22H22ClN7O3/c1-28-18-19(27-21(28)26-12-7-8-24-17(10-12)33-3)29(2)22(32)30(20(18)31)11-13-9-14-15(23)5-4-6-16(14)25-13/h4-10,18-19,25H,11H2,1-3H3,(H,24,26,27). The van der Waals surface area contributed by atoms with Crippen LogP contribution < -0.4 is 10.1 Å². The van der Waals surface area contributed by atoms with E-state index < -0.39 is 18.2 Å². The maximum Gasteiger partial charge on any atom is 0.328 e. The number of benzene rings is 1. The predicted octanol–water partition coefficient (Wildman–Crippen LogP) is 2.73. The molecule has 2 N–H and O–H groups in total. The predicted molar refractivity (Wildman–Crippen MR) is 124 cm³/mol. The Morgan fingerprint density at radius 1 is 1.18 bits per heavy atom. The van der Waals surface area contributed by atoms with Crippen LogP contribution in [0.15, 0.2) is 47.6 Å². The van der Waals surface area contributed by atoms with Gasteiger partial charge in [-0.15, -0.1) is 0 Å². The number of guanidine groups is 1. The summed E-state index contributed by atoms with van der Waals surface area (Å²) >= 11 is 6.27. The van der Waals surface area contributed by atoms with Gasteiger partial charge in [-0.25, -0.2) is 14.8 Å². The number of hydrogen-bond acceptors (Lipinski definition) is 7. The van der Waals surface area contributed by atoms with Gasteiger partial charge in [-0.1, -0.05) is 17.7 Å². The van der Waals surface area contributed by atoms with E-state index in [1.807, 2.05) is 18.2 Å². The van der Waals surface area contributed by atoms with Crippen LogP contribution in [0.2, 0.25) is 5.02 Å². The van der Waals surface area contributed by atoms with Crippen molar-refractivity contribution in [2.24, 2.45) is 4.99 Å². The average Bonchev–Trinajstić information content (AvgIpc) is 3.37. The summed E-state index contributed by atoms with van der Waals surface area (Å²) in [5.41, 5.74) is 2.27. The normalized spacial score (nSPS) is 20.4. The lowest BCUT2D eigenvalue weighted by molar-refractivity contribution is -0.137. The number of imide groups is 1. The molecule has 0 aliphatic carbocycles. The Bertz CT molecular complexity index is 1290. The second kappa shape index (κ2) is 7.96. The molecule has 4 heterocycles. The van der Waals surface area contributed by atoms with Crippen LogP contribution in [-0.2, 0) is 11.3 Å². The van der Waals surface area contributed by atoms with Crippen LogP contribution in [0.4, 0.5) is 10.5 Å². The summed E-state index contributed by atoms with van der Waals surface area (Å²) in [7, 11) is 4.96. The Hall–Kier alpha value is -3.79. The molecule has 10 nitrogen and oxygen atoms in total. The van der Waals surface area contributed by atoms with E-state index in [-0.39, 0.29) is 12.5 Å². The molecule has 1 fully saturated rings. The van der Waals surface area contributed by atoms with Crippen LogP contribution in [0.1, 0.15) is 5.69 Å². The van der Waals surface area contributed by atoms with Crippen molar-refractivity contribution in [3.63, 3.8) is 0 Å². The summed E-state index contributed by atoms with van der Waals surface area (Å²) < 4.78 is 5.16. The number of aromatic nitrogens is 2. The summed E-state index contributed by atoms with van der Waals surface area (Å²) in [5, 5.41) is 4.65. The molecule has 1 saturated heterocycles. The van der Waals surface area contributed by atoms with Crippen molar-refractivity contribution >= 4 is 46.1 Å². The van der Waals surface area contributed by atoms with Crippen LogP contribution >= 0.6 is 11.6 Å². The number of nitrogens with one attached hydrogen (secondary N) is 2. The molecule has 3 amide bonds. The molecule has 0 saturated carbocycles. The Labute approximate surface area is 194 Å². The van der Waals surface area contributed by atoms with Gasteiger partial charge < -0.3 is 24.8 Å². The summed E-state index contributed by atoms with van der Waals surface area (Å²) in [6.07, 6.45) is 0.980. The van der Waals surface area contributed by atoms with Crippen molar-refractivity contribution in [3.05, 3.63) is 53.3 Å². The summed E-state index contributed by atoms with van der Waals surface area (Å²) in [6.45, 7) is 0.106. The third-order valence-corrected chi connectivity index (χ3v) is 6.26. The number of aromatic amines is 1. The largest absolute Gasteiger partial charge is 0.481 e. The highest BCUT2D eigenvalue weighted by molar-refractivity contribution is 6.35. The van der Waals surface area contributed by atoms with Gasteiger partial charge >= 0.3 is 6.03 Å². The van der Waals surface area contributed by atoms with Crippen molar-refractivity contribution < 1.29 is 14.3 Å².